The van der Waals surface area contributed by atoms with Gasteiger partial charge in [0, 0.05) is 26.2 Å². The molecule has 0 aliphatic carbocycles. The van der Waals surface area contributed by atoms with Crippen molar-refractivity contribution in [3.63, 3.8) is 0 Å². The van der Waals surface area contributed by atoms with Crippen LogP contribution in [0.1, 0.15) is 81.1 Å². The highest BCUT2D eigenvalue weighted by molar-refractivity contribution is 5.68. The topological polar surface area (TPSA) is 99.5 Å². The quantitative estimate of drug-likeness (QED) is 0.569. The van der Waals surface area contributed by atoms with Crippen LogP contribution in [0.15, 0.2) is 12.2 Å². The number of likely N-dealkylation sites (tertiary alicyclic amines) is 2. The van der Waals surface area contributed by atoms with E-state index in [-0.39, 0.29) is 24.7 Å². The van der Waals surface area contributed by atoms with Crippen molar-refractivity contribution in [3.8, 4) is 0 Å². The summed E-state index contributed by atoms with van der Waals surface area (Å²) >= 11 is 0. The molecule has 34 heavy (non-hydrogen) atoms. The summed E-state index contributed by atoms with van der Waals surface area (Å²) in [5.74, 6) is 0.597. The van der Waals surface area contributed by atoms with Crippen molar-refractivity contribution >= 4 is 12.2 Å². The molecule has 0 aromatic heterocycles. The maximum absolute atomic E-state index is 11.8. The van der Waals surface area contributed by atoms with E-state index in [0.717, 1.165) is 25.9 Å². The second-order valence-corrected chi connectivity index (χ2v) is 11.8. The molecule has 2 aliphatic heterocycles. The van der Waals surface area contributed by atoms with Crippen LogP contribution in [0.3, 0.4) is 0 Å². The molecule has 2 heterocycles. The Balaban J connectivity index is 0.000000342. The van der Waals surface area contributed by atoms with Crippen LogP contribution in [0.25, 0.3) is 0 Å². The van der Waals surface area contributed by atoms with Gasteiger partial charge in [0.15, 0.2) is 0 Å². The van der Waals surface area contributed by atoms with Crippen molar-refractivity contribution in [1.82, 2.24) is 9.80 Å². The number of aliphatic hydroxyl groups is 2. The molecular weight excluding hydrogens is 436 g/mol. The third-order valence-corrected chi connectivity index (χ3v) is 6.19. The maximum atomic E-state index is 11.8. The Morgan fingerprint density at radius 1 is 0.824 bits per heavy atom. The van der Waals surface area contributed by atoms with E-state index in [4.69, 9.17) is 14.6 Å². The van der Waals surface area contributed by atoms with Crippen molar-refractivity contribution in [2.75, 3.05) is 32.8 Å². The van der Waals surface area contributed by atoms with Gasteiger partial charge in [-0.1, -0.05) is 12.2 Å². The Morgan fingerprint density at radius 2 is 1.18 bits per heavy atom. The standard InChI is InChI=1S/C13H25NO4.C13H23NO2/c1-12(2,3)18-11(16)14-7-5-10(6-8-14)13(4,17)9-15;1-10(2)11-6-8-14(9-7-11)12(15)16-13(3,4)5/h10,15,17H,5-9H2,1-4H3;11H,1,6-9H2,2-5H3/t13-;/m1./s1. The molecule has 2 amide bonds. The highest BCUT2D eigenvalue weighted by Crippen LogP contribution is 2.28. The first kappa shape index (κ1) is 30.2. The van der Waals surface area contributed by atoms with Gasteiger partial charge in [-0.2, -0.15) is 0 Å². The molecule has 0 unspecified atom stereocenters. The van der Waals surface area contributed by atoms with Crippen molar-refractivity contribution in [2.24, 2.45) is 11.8 Å². The molecule has 0 spiro atoms. The first-order valence-corrected chi connectivity index (χ1v) is 12.4. The van der Waals surface area contributed by atoms with E-state index in [0.29, 0.717) is 31.8 Å². The zero-order valence-corrected chi connectivity index (χ0v) is 22.6. The number of carbonyl (C=O) groups is 2. The molecular formula is C26H48N2O6. The first-order valence-electron chi connectivity index (χ1n) is 12.4. The van der Waals surface area contributed by atoms with E-state index in [1.54, 1.807) is 16.7 Å². The summed E-state index contributed by atoms with van der Waals surface area (Å²) in [7, 11) is 0. The van der Waals surface area contributed by atoms with E-state index in [1.807, 2.05) is 41.5 Å². The highest BCUT2D eigenvalue weighted by Gasteiger charge is 2.36. The van der Waals surface area contributed by atoms with Gasteiger partial charge in [0.1, 0.15) is 11.2 Å². The fraction of sp³-hybridized carbons (Fsp3) is 0.846. The monoisotopic (exact) mass is 484 g/mol. The average Bonchev–Trinajstić information content (AvgIpc) is 2.72. The van der Waals surface area contributed by atoms with Gasteiger partial charge < -0.3 is 29.5 Å². The third-order valence-electron chi connectivity index (χ3n) is 6.19. The van der Waals surface area contributed by atoms with Crippen LogP contribution in [0.5, 0.6) is 0 Å². The molecule has 1 atom stereocenters. The lowest BCUT2D eigenvalue weighted by Crippen LogP contribution is -2.48. The second-order valence-electron chi connectivity index (χ2n) is 11.8. The van der Waals surface area contributed by atoms with Gasteiger partial charge in [-0.3, -0.25) is 0 Å². The van der Waals surface area contributed by atoms with Crippen molar-refractivity contribution in [2.45, 2.75) is 97.9 Å². The molecule has 2 fully saturated rings. The number of piperidine rings is 2. The summed E-state index contributed by atoms with van der Waals surface area (Å²) in [5, 5.41) is 19.1. The summed E-state index contributed by atoms with van der Waals surface area (Å²) in [6.45, 7) is 21.3. The summed E-state index contributed by atoms with van der Waals surface area (Å²) in [5.41, 5.74) is -0.712. The Hall–Kier alpha value is -1.80. The lowest BCUT2D eigenvalue weighted by atomic mass is 9.82. The fourth-order valence-corrected chi connectivity index (χ4v) is 4.02. The summed E-state index contributed by atoms with van der Waals surface area (Å²) in [4.78, 5) is 27.1. The number of allylic oxidation sites excluding steroid dienone is 1. The van der Waals surface area contributed by atoms with Crippen molar-refractivity contribution in [3.05, 3.63) is 12.2 Å². The predicted molar refractivity (Wildman–Crippen MR) is 134 cm³/mol. The molecule has 0 bridgehead atoms. The Kier molecular flexibility index (Phi) is 10.9. The van der Waals surface area contributed by atoms with Crippen LogP contribution in [0, 0.1) is 11.8 Å². The smallest absolute Gasteiger partial charge is 0.410 e. The minimum atomic E-state index is -1.06. The summed E-state index contributed by atoms with van der Waals surface area (Å²) in [6.07, 6.45) is 2.90. The lowest BCUT2D eigenvalue weighted by Gasteiger charge is -2.38. The van der Waals surface area contributed by atoms with Crippen LogP contribution in [-0.2, 0) is 9.47 Å². The highest BCUT2D eigenvalue weighted by atomic mass is 16.6. The van der Waals surface area contributed by atoms with Gasteiger partial charge in [-0.25, -0.2) is 9.59 Å². The van der Waals surface area contributed by atoms with Crippen molar-refractivity contribution < 1.29 is 29.3 Å². The Morgan fingerprint density at radius 3 is 1.47 bits per heavy atom. The molecule has 0 saturated carbocycles. The largest absolute Gasteiger partial charge is 0.444 e. The minimum absolute atomic E-state index is 0.0289. The number of amides is 2. The van der Waals surface area contributed by atoms with Crippen LogP contribution in [-0.4, -0.2) is 81.8 Å². The number of hydrogen-bond donors (Lipinski definition) is 2. The number of hydrogen-bond acceptors (Lipinski definition) is 6. The number of nitrogens with zero attached hydrogens (tertiary/aromatic N) is 2. The van der Waals surface area contributed by atoms with Gasteiger partial charge in [-0.15, -0.1) is 0 Å². The molecule has 8 nitrogen and oxygen atoms in total. The van der Waals surface area contributed by atoms with Gasteiger partial charge in [0.25, 0.3) is 0 Å². The molecule has 2 N–H and O–H groups in total. The van der Waals surface area contributed by atoms with E-state index in [2.05, 4.69) is 13.5 Å². The van der Waals surface area contributed by atoms with E-state index in [9.17, 15) is 14.7 Å². The number of carbonyl (C=O) groups excluding carboxylic acids is 2. The predicted octanol–water partition coefficient (Wildman–Crippen LogP) is 4.59. The summed E-state index contributed by atoms with van der Waals surface area (Å²) in [6, 6.07) is 0. The number of ether oxygens (including phenoxy) is 2. The molecule has 198 valence electrons. The van der Waals surface area contributed by atoms with Crippen molar-refractivity contribution in [1.29, 1.82) is 0 Å². The molecule has 0 radical (unpaired) electrons. The normalized spacial score (nSPS) is 20.1. The van der Waals surface area contributed by atoms with Crippen LogP contribution >= 0.6 is 0 Å². The molecule has 2 aliphatic rings. The third kappa shape index (κ3) is 10.6. The average molecular weight is 485 g/mol. The summed E-state index contributed by atoms with van der Waals surface area (Å²) < 4.78 is 10.6. The molecule has 2 saturated heterocycles. The lowest BCUT2D eigenvalue weighted by molar-refractivity contribution is -0.0666. The molecule has 0 aromatic carbocycles. The number of aliphatic hydroxyl groups excluding tert-OH is 1. The van der Waals surface area contributed by atoms with Gasteiger partial charge in [0.05, 0.1) is 12.2 Å². The SMILES string of the molecule is C=C(C)C1CCN(C(=O)OC(C)(C)C)CC1.CC(C)(C)OC(=O)N1CCC([C@](C)(O)CO)CC1. The fourth-order valence-electron chi connectivity index (χ4n) is 4.02. The van der Waals surface area contributed by atoms with E-state index >= 15 is 0 Å². The minimum Gasteiger partial charge on any atom is -0.444 e. The Bertz CT molecular complexity index is 676. The van der Waals surface area contributed by atoms with Crippen LogP contribution in [0.2, 0.25) is 0 Å². The molecule has 2 rings (SSSR count). The Labute approximate surface area is 206 Å². The van der Waals surface area contributed by atoms with Gasteiger partial charge in [-0.05, 0) is 92.9 Å². The molecule has 0 aromatic rings. The zero-order valence-electron chi connectivity index (χ0n) is 22.6. The van der Waals surface area contributed by atoms with E-state index in [1.165, 1.54) is 5.57 Å². The maximum Gasteiger partial charge on any atom is 0.410 e. The number of rotatable bonds is 3. The zero-order chi connectivity index (χ0) is 26.3. The van der Waals surface area contributed by atoms with E-state index < -0.39 is 16.8 Å². The van der Waals surface area contributed by atoms with Gasteiger partial charge in [0.2, 0.25) is 0 Å². The van der Waals surface area contributed by atoms with Gasteiger partial charge >= 0.3 is 12.2 Å². The second kappa shape index (κ2) is 12.2. The van der Waals surface area contributed by atoms with Crippen LogP contribution in [0.4, 0.5) is 9.59 Å². The first-order chi connectivity index (χ1) is 15.4. The van der Waals surface area contributed by atoms with Crippen LogP contribution < -0.4 is 0 Å². The molecule has 8 heteroatoms.